The second-order valence-electron chi connectivity index (χ2n) is 15.1. The Morgan fingerprint density at radius 1 is 0.544 bits per heavy atom. The highest BCUT2D eigenvalue weighted by Crippen LogP contribution is 2.26. The number of nitrogens with one attached hydrogen (secondary N) is 4. The number of urea groups is 2. The van der Waals surface area contributed by atoms with Crippen LogP contribution in [0.2, 0.25) is 0 Å². The van der Waals surface area contributed by atoms with Crippen molar-refractivity contribution < 1.29 is 28.1 Å². The van der Waals surface area contributed by atoms with Gasteiger partial charge in [-0.1, -0.05) is 51.9 Å². The molecule has 6 rings (SSSR count). The summed E-state index contributed by atoms with van der Waals surface area (Å²) in [6.45, 7) is 13.3. The van der Waals surface area contributed by atoms with Crippen LogP contribution in [0.3, 0.4) is 0 Å². The number of amides is 4. The van der Waals surface area contributed by atoms with Crippen molar-refractivity contribution in [1.82, 2.24) is 20.3 Å². The second kappa shape index (κ2) is 19.8. The molecule has 0 aliphatic heterocycles. The van der Waals surface area contributed by atoms with Crippen LogP contribution < -0.4 is 30.7 Å². The molecule has 4 N–H and O–H groups in total. The summed E-state index contributed by atoms with van der Waals surface area (Å²) in [7, 11) is 0. The van der Waals surface area contributed by atoms with Crippen LogP contribution in [-0.4, -0.2) is 45.6 Å². The Kier molecular flexibility index (Phi) is 14.4. The zero-order valence-electron chi connectivity index (χ0n) is 33.2. The average Bonchev–Trinajstić information content (AvgIpc) is 3.87. The van der Waals surface area contributed by atoms with Gasteiger partial charge in [-0.15, -0.1) is 0 Å². The number of carbonyl (C=O) groups excluding carboxylic acids is 2. The van der Waals surface area contributed by atoms with Crippen LogP contribution in [0.15, 0.2) is 119 Å². The highest BCUT2D eigenvalue weighted by molar-refractivity contribution is 5.99. The Bertz CT molecular complexity index is 2120. The third-order valence-corrected chi connectivity index (χ3v) is 8.24. The molecule has 14 heteroatoms. The van der Waals surface area contributed by atoms with Crippen molar-refractivity contribution in [3.63, 3.8) is 0 Å². The molecule has 0 aliphatic rings. The summed E-state index contributed by atoms with van der Waals surface area (Å²) >= 11 is 0. The predicted octanol–water partition coefficient (Wildman–Crippen LogP) is 9.66. The van der Waals surface area contributed by atoms with Gasteiger partial charge in [0, 0.05) is 65.5 Å². The summed E-state index contributed by atoms with van der Waals surface area (Å²) in [4.78, 5) is 32.2. The number of pyridine rings is 2. The normalized spacial score (nSPS) is 11.1. The van der Waals surface area contributed by atoms with Crippen molar-refractivity contribution >= 4 is 35.1 Å². The van der Waals surface area contributed by atoms with Crippen LogP contribution in [0.1, 0.15) is 70.6 Å². The topological polar surface area (TPSA) is 179 Å². The maximum absolute atomic E-state index is 12.1. The summed E-state index contributed by atoms with van der Waals surface area (Å²) < 4.78 is 22.0. The van der Waals surface area contributed by atoms with Gasteiger partial charge in [-0.25, -0.2) is 9.59 Å². The molecule has 0 fully saturated rings. The summed E-state index contributed by atoms with van der Waals surface area (Å²) in [6.07, 6.45) is 9.79. The molecule has 14 nitrogen and oxygen atoms in total. The molecule has 0 radical (unpaired) electrons. The van der Waals surface area contributed by atoms with Crippen molar-refractivity contribution in [2.75, 3.05) is 34.5 Å². The number of ether oxygens (including phenoxy) is 2. The van der Waals surface area contributed by atoms with E-state index in [1.165, 1.54) is 11.1 Å². The van der Waals surface area contributed by atoms with E-state index >= 15 is 0 Å². The highest BCUT2D eigenvalue weighted by Gasteiger charge is 2.21. The molecule has 0 saturated carbocycles. The number of anilines is 4. The van der Waals surface area contributed by atoms with E-state index in [0.29, 0.717) is 47.7 Å². The lowest BCUT2D eigenvalue weighted by atomic mass is 9.93. The van der Waals surface area contributed by atoms with Crippen LogP contribution in [0.25, 0.3) is 0 Å². The molecule has 0 unspecified atom stereocenters. The lowest BCUT2D eigenvalue weighted by Crippen LogP contribution is -2.19. The van der Waals surface area contributed by atoms with Crippen molar-refractivity contribution in [3.05, 3.63) is 132 Å². The van der Waals surface area contributed by atoms with Gasteiger partial charge in [0.2, 0.25) is 0 Å². The van der Waals surface area contributed by atoms with E-state index in [1.807, 2.05) is 90.1 Å². The third-order valence-electron chi connectivity index (χ3n) is 8.24. The Balaban J connectivity index is 0.000000218. The minimum atomic E-state index is -0.389. The molecule has 298 valence electrons. The first-order valence-electron chi connectivity index (χ1n) is 18.6. The Morgan fingerprint density at radius 3 is 1.35 bits per heavy atom. The van der Waals surface area contributed by atoms with E-state index in [2.05, 4.69) is 41.5 Å². The molecule has 4 aromatic heterocycles. The quantitative estimate of drug-likeness (QED) is 0.0826. The lowest BCUT2D eigenvalue weighted by Gasteiger charge is -2.12. The largest absolute Gasteiger partial charge is 0.494 e. The van der Waals surface area contributed by atoms with Crippen LogP contribution in [0.4, 0.5) is 32.6 Å². The van der Waals surface area contributed by atoms with Crippen LogP contribution in [0, 0.1) is 0 Å². The van der Waals surface area contributed by atoms with E-state index < -0.39 is 0 Å². The standard InChI is InChI=1S/C22H26N4O3.C21H24N4O3/c1-22(2,3)19-15-20(26-29-19)25-21(27)24-17-6-8-18(9-7-17)28-14-4-5-16-10-12-23-13-11-16;1-21(2,3)18-14-19(25-28-18)24-20(26)23-16-4-6-17(7-5-16)27-13-10-15-8-11-22-12-9-15/h6-13,15H,4-5,14H2,1-3H3,(H2,24,25,26,27);4-9,11-12,14H,10,13H2,1-3H3,(H2,23,24,25,26). The fraction of sp³-hybridized carbons (Fsp3) is 0.302. The van der Waals surface area contributed by atoms with E-state index in [4.69, 9.17) is 18.5 Å². The molecule has 0 spiro atoms. The summed E-state index contributed by atoms with van der Waals surface area (Å²) in [5.74, 6) is 3.66. The molecule has 4 heterocycles. The third kappa shape index (κ3) is 14.1. The summed E-state index contributed by atoms with van der Waals surface area (Å²) in [6, 6.07) is 25.1. The zero-order chi connectivity index (χ0) is 40.7. The number of aromatic nitrogens is 4. The average molecular weight is 775 g/mol. The number of benzene rings is 2. The van der Waals surface area contributed by atoms with E-state index in [1.54, 1.807) is 61.2 Å². The van der Waals surface area contributed by atoms with Crippen LogP contribution in [-0.2, 0) is 23.7 Å². The molecule has 2 aromatic carbocycles. The molecule has 6 aromatic rings. The highest BCUT2D eigenvalue weighted by atomic mass is 16.5. The zero-order valence-corrected chi connectivity index (χ0v) is 33.2. The number of aryl methyl sites for hydroxylation is 1. The number of carbonyl (C=O) groups is 2. The van der Waals surface area contributed by atoms with Crippen molar-refractivity contribution in [2.24, 2.45) is 0 Å². The smallest absolute Gasteiger partial charge is 0.324 e. The van der Waals surface area contributed by atoms with Gasteiger partial charge in [0.05, 0.1) is 13.2 Å². The molecule has 0 saturated heterocycles. The molecule has 57 heavy (non-hydrogen) atoms. The van der Waals surface area contributed by atoms with Gasteiger partial charge < -0.3 is 29.2 Å². The predicted molar refractivity (Wildman–Crippen MR) is 220 cm³/mol. The minimum Gasteiger partial charge on any atom is -0.494 e. The maximum Gasteiger partial charge on any atom is 0.324 e. The van der Waals surface area contributed by atoms with Gasteiger partial charge in [-0.3, -0.25) is 20.6 Å². The Morgan fingerprint density at radius 2 is 0.947 bits per heavy atom. The van der Waals surface area contributed by atoms with Crippen molar-refractivity contribution in [3.8, 4) is 11.5 Å². The number of rotatable bonds is 13. The maximum atomic E-state index is 12.1. The SMILES string of the molecule is CC(C)(C)c1cc(NC(=O)Nc2ccc(OCCCc3ccncc3)cc2)no1.CC(C)(C)c1cc(NC(=O)Nc2ccc(OCCc3ccncc3)cc2)no1. The van der Waals surface area contributed by atoms with E-state index in [0.717, 1.165) is 30.8 Å². The number of hydrogen-bond donors (Lipinski definition) is 4. The minimum absolute atomic E-state index is 0.169. The van der Waals surface area contributed by atoms with Crippen LogP contribution in [0.5, 0.6) is 11.5 Å². The van der Waals surface area contributed by atoms with Gasteiger partial charge in [0.25, 0.3) is 0 Å². The first kappa shape index (κ1) is 41.5. The lowest BCUT2D eigenvalue weighted by molar-refractivity contribution is 0.261. The molecule has 0 bridgehead atoms. The van der Waals surface area contributed by atoms with Crippen molar-refractivity contribution in [1.29, 1.82) is 0 Å². The molecular formula is C43H50N8O6. The van der Waals surface area contributed by atoms with E-state index in [9.17, 15) is 9.59 Å². The monoisotopic (exact) mass is 774 g/mol. The second-order valence-corrected chi connectivity index (χ2v) is 15.1. The van der Waals surface area contributed by atoms with Gasteiger partial charge >= 0.3 is 12.1 Å². The summed E-state index contributed by atoms with van der Waals surface area (Å²) in [5.41, 5.74) is 3.39. The van der Waals surface area contributed by atoms with E-state index in [-0.39, 0.29) is 22.9 Å². The number of nitrogens with zero attached hydrogens (tertiary/aromatic N) is 4. The Hall–Kier alpha value is -6.70. The van der Waals surface area contributed by atoms with Gasteiger partial charge in [0.15, 0.2) is 11.6 Å². The fourth-order valence-corrected chi connectivity index (χ4v) is 5.05. The number of hydrogen-bond acceptors (Lipinski definition) is 10. The molecule has 0 atom stereocenters. The van der Waals surface area contributed by atoms with Crippen molar-refractivity contribution in [2.45, 2.75) is 71.6 Å². The van der Waals surface area contributed by atoms with Gasteiger partial charge in [0.1, 0.15) is 23.0 Å². The summed E-state index contributed by atoms with van der Waals surface area (Å²) in [5, 5.41) is 18.6. The molecule has 4 amide bonds. The first-order valence-corrected chi connectivity index (χ1v) is 18.6. The first-order chi connectivity index (χ1) is 27.3. The van der Waals surface area contributed by atoms with Crippen LogP contribution >= 0.6 is 0 Å². The Labute approximate surface area is 332 Å². The molecular weight excluding hydrogens is 725 g/mol. The fourth-order valence-electron chi connectivity index (χ4n) is 5.05. The van der Waals surface area contributed by atoms with Gasteiger partial charge in [-0.05, 0) is 96.8 Å². The van der Waals surface area contributed by atoms with Gasteiger partial charge in [-0.2, -0.15) is 0 Å². The molecule has 0 aliphatic carbocycles.